The van der Waals surface area contributed by atoms with Crippen molar-refractivity contribution < 1.29 is 0 Å². The lowest BCUT2D eigenvalue weighted by atomic mass is 10.1. The molecule has 1 aromatic heterocycles. The summed E-state index contributed by atoms with van der Waals surface area (Å²) in [7, 11) is 3.96. The molecular formula is C23H18N6OS. The summed E-state index contributed by atoms with van der Waals surface area (Å²) in [6, 6.07) is 15.5. The van der Waals surface area contributed by atoms with Crippen LogP contribution in [0.15, 0.2) is 53.0 Å². The van der Waals surface area contributed by atoms with Crippen molar-refractivity contribution >= 4 is 23.1 Å². The predicted octanol–water partition coefficient (Wildman–Crippen LogP) is 4.20. The molecule has 0 unspecified atom stereocenters. The Morgan fingerprint density at radius 2 is 1.87 bits per heavy atom. The first kappa shape index (κ1) is 20.1. The third-order valence-corrected chi connectivity index (χ3v) is 5.92. The molecule has 3 heterocycles. The fourth-order valence-electron chi connectivity index (χ4n) is 3.23. The maximum absolute atomic E-state index is 12.7. The first-order valence-corrected chi connectivity index (χ1v) is 10.2. The van der Waals surface area contributed by atoms with Gasteiger partial charge in [0, 0.05) is 30.9 Å². The first-order chi connectivity index (χ1) is 14.9. The Morgan fingerprint density at radius 1 is 1.16 bits per heavy atom. The smallest absolute Gasteiger partial charge is 0.277 e. The summed E-state index contributed by atoms with van der Waals surface area (Å²) in [6.07, 6.45) is 3.31. The molecule has 0 saturated heterocycles. The summed E-state index contributed by atoms with van der Waals surface area (Å²) in [5, 5.41) is 18.0. The Balaban J connectivity index is 1.88. The van der Waals surface area contributed by atoms with Crippen LogP contribution in [0, 0.1) is 29.6 Å². The summed E-state index contributed by atoms with van der Waals surface area (Å²) in [4.78, 5) is 24.2. The summed E-state index contributed by atoms with van der Waals surface area (Å²) in [6.45, 7) is 1.69. The minimum absolute atomic E-state index is 0.0377. The third kappa shape index (κ3) is 3.73. The van der Waals surface area contributed by atoms with Crippen molar-refractivity contribution in [3.8, 4) is 39.8 Å². The minimum atomic E-state index is -0.163. The normalized spacial score (nSPS) is 10.5. The molecule has 1 N–H and O–H groups in total. The van der Waals surface area contributed by atoms with Crippen molar-refractivity contribution in [1.82, 2.24) is 14.5 Å². The molecule has 0 atom stereocenters. The topological polar surface area (TPSA) is 101 Å². The van der Waals surface area contributed by atoms with Gasteiger partial charge in [-0.15, -0.1) is 11.3 Å². The lowest BCUT2D eigenvalue weighted by Crippen LogP contribution is -2.15. The van der Waals surface area contributed by atoms with Gasteiger partial charge in [-0.25, -0.2) is 4.98 Å². The van der Waals surface area contributed by atoms with E-state index < -0.39 is 0 Å². The molecule has 0 amide bonds. The van der Waals surface area contributed by atoms with E-state index in [4.69, 9.17) is 10.5 Å². The van der Waals surface area contributed by atoms with Crippen LogP contribution in [0.4, 0.5) is 5.69 Å². The second-order valence-corrected chi connectivity index (χ2v) is 8.28. The zero-order valence-electron chi connectivity index (χ0n) is 17.2. The van der Waals surface area contributed by atoms with E-state index in [-0.39, 0.29) is 11.1 Å². The van der Waals surface area contributed by atoms with Crippen molar-refractivity contribution in [1.29, 1.82) is 10.5 Å². The van der Waals surface area contributed by atoms with E-state index in [9.17, 15) is 4.79 Å². The van der Waals surface area contributed by atoms with Crippen molar-refractivity contribution in [3.05, 3.63) is 69.1 Å². The number of hydrogen-bond donors (Lipinski definition) is 1. The van der Waals surface area contributed by atoms with Crippen LogP contribution in [0.2, 0.25) is 0 Å². The number of hydrogen-bond acceptors (Lipinski definition) is 6. The van der Waals surface area contributed by atoms with E-state index in [1.165, 1.54) is 11.3 Å². The molecule has 2 aliphatic rings. The van der Waals surface area contributed by atoms with Crippen molar-refractivity contribution in [2.24, 2.45) is 0 Å². The number of aryl methyl sites for hydroxylation is 1. The molecular weight excluding hydrogens is 408 g/mol. The molecule has 0 bridgehead atoms. The number of rotatable bonds is 4. The number of benzene rings is 1. The van der Waals surface area contributed by atoms with Gasteiger partial charge in [-0.05, 0) is 42.8 Å². The van der Waals surface area contributed by atoms with E-state index >= 15 is 0 Å². The van der Waals surface area contributed by atoms with Crippen LogP contribution < -0.4 is 10.5 Å². The van der Waals surface area contributed by atoms with E-state index in [1.807, 2.05) is 67.5 Å². The Labute approximate surface area is 183 Å². The molecule has 1 aromatic carbocycles. The number of imidazole rings is 1. The number of allylic oxidation sites excluding steroid dienone is 1. The van der Waals surface area contributed by atoms with Gasteiger partial charge in [-0.2, -0.15) is 10.5 Å². The molecule has 2 aliphatic heterocycles. The monoisotopic (exact) mass is 426 g/mol. The van der Waals surface area contributed by atoms with Gasteiger partial charge in [0.25, 0.3) is 5.56 Å². The minimum Gasteiger partial charge on any atom is -0.378 e. The number of aromatic nitrogens is 3. The van der Waals surface area contributed by atoms with E-state index in [0.717, 1.165) is 26.7 Å². The molecule has 2 aromatic rings. The number of aromatic amines is 1. The molecule has 8 heteroatoms. The van der Waals surface area contributed by atoms with Crippen LogP contribution in [0.5, 0.6) is 0 Å². The maximum atomic E-state index is 12.7. The third-order valence-electron chi connectivity index (χ3n) is 4.87. The average molecular weight is 427 g/mol. The molecule has 4 rings (SSSR count). The summed E-state index contributed by atoms with van der Waals surface area (Å²) >= 11 is 1.41. The van der Waals surface area contributed by atoms with Gasteiger partial charge in [-0.1, -0.05) is 12.1 Å². The molecule has 0 fully saturated rings. The number of nitrogens with zero attached hydrogens (tertiary/aromatic N) is 5. The Bertz CT molecular complexity index is 1390. The largest absolute Gasteiger partial charge is 0.378 e. The number of nitriles is 2. The van der Waals surface area contributed by atoms with E-state index in [1.54, 1.807) is 23.8 Å². The van der Waals surface area contributed by atoms with Gasteiger partial charge in [-0.3, -0.25) is 9.36 Å². The zero-order chi connectivity index (χ0) is 22.1. The van der Waals surface area contributed by atoms with Crippen molar-refractivity contribution in [3.63, 3.8) is 0 Å². The van der Waals surface area contributed by atoms with E-state index in [0.29, 0.717) is 17.2 Å². The second kappa shape index (κ2) is 7.94. The van der Waals surface area contributed by atoms with Crippen LogP contribution >= 0.6 is 11.3 Å². The van der Waals surface area contributed by atoms with Crippen molar-refractivity contribution in [2.75, 3.05) is 19.0 Å². The Kier molecular flexibility index (Phi) is 5.16. The Hall–Kier alpha value is -4.14. The SMILES string of the molecule is Cc1nc2c(-c3ccc(C=C(C#N)C#N)s3)[nH]c(-c3ccc(N(C)C)cc3)cn-2c1=O. The maximum Gasteiger partial charge on any atom is 0.277 e. The average Bonchev–Trinajstić information content (AvgIpc) is 3.36. The molecule has 0 spiro atoms. The summed E-state index contributed by atoms with van der Waals surface area (Å²) in [5.41, 5.74) is 3.80. The molecule has 152 valence electrons. The highest BCUT2D eigenvalue weighted by Gasteiger charge is 2.20. The molecule has 31 heavy (non-hydrogen) atoms. The number of fused-ring (bicyclic) bond motifs is 1. The second-order valence-electron chi connectivity index (χ2n) is 7.16. The van der Waals surface area contributed by atoms with Gasteiger partial charge in [0.05, 0.1) is 10.6 Å². The van der Waals surface area contributed by atoms with Crippen LogP contribution in [0.1, 0.15) is 10.6 Å². The zero-order valence-corrected chi connectivity index (χ0v) is 18.0. The highest BCUT2D eigenvalue weighted by molar-refractivity contribution is 7.16. The van der Waals surface area contributed by atoms with E-state index in [2.05, 4.69) is 9.97 Å². The lowest BCUT2D eigenvalue weighted by molar-refractivity contribution is 0.979. The number of H-pyrrole nitrogens is 1. The van der Waals surface area contributed by atoms with Crippen LogP contribution in [0.25, 0.3) is 33.7 Å². The quantitative estimate of drug-likeness (QED) is 0.493. The summed E-state index contributed by atoms with van der Waals surface area (Å²) in [5.74, 6) is 0.536. The van der Waals surface area contributed by atoms with Crippen LogP contribution in [0.3, 0.4) is 0 Å². The number of thiophene rings is 1. The van der Waals surface area contributed by atoms with Crippen LogP contribution in [-0.4, -0.2) is 28.6 Å². The Morgan fingerprint density at radius 3 is 2.52 bits per heavy atom. The summed E-state index contributed by atoms with van der Waals surface area (Å²) < 4.78 is 1.56. The highest BCUT2D eigenvalue weighted by Crippen LogP contribution is 2.34. The highest BCUT2D eigenvalue weighted by atomic mass is 32.1. The molecule has 7 nitrogen and oxygen atoms in total. The molecule has 0 saturated carbocycles. The van der Waals surface area contributed by atoms with Gasteiger partial charge >= 0.3 is 0 Å². The van der Waals surface area contributed by atoms with Gasteiger partial charge in [0.2, 0.25) is 0 Å². The lowest BCUT2D eigenvalue weighted by Gasteiger charge is -2.15. The first-order valence-electron chi connectivity index (χ1n) is 9.43. The predicted molar refractivity (Wildman–Crippen MR) is 122 cm³/mol. The fraction of sp³-hybridized carbons (Fsp3) is 0.130. The van der Waals surface area contributed by atoms with Crippen molar-refractivity contribution in [2.45, 2.75) is 6.92 Å². The molecule has 0 radical (unpaired) electrons. The molecule has 0 aliphatic carbocycles. The van der Waals surface area contributed by atoms with Gasteiger partial charge < -0.3 is 9.88 Å². The number of nitrogens with one attached hydrogen (secondary N) is 1. The van der Waals surface area contributed by atoms with Gasteiger partial charge in [0.15, 0.2) is 5.82 Å². The van der Waals surface area contributed by atoms with Crippen LogP contribution in [-0.2, 0) is 0 Å². The fourth-order valence-corrected chi connectivity index (χ4v) is 4.18. The standard InChI is InChI=1S/C23H18N6OS/c1-14-23(30)29-13-19(16-4-6-17(7-5-16)28(2)3)27-21(22(29)26-14)20-9-8-18(31-20)10-15(11-24)12-25/h4-10,13,27H,1-3H3. The van der Waals surface area contributed by atoms with Gasteiger partial charge in [0.1, 0.15) is 29.1 Å². The number of anilines is 1.